The Morgan fingerprint density at radius 1 is 1.53 bits per heavy atom. The number of pyridine rings is 1. The average molecular weight is 251 g/mol. The minimum absolute atomic E-state index is 0.317. The van der Waals surface area contributed by atoms with E-state index in [1.165, 1.54) is 0 Å². The van der Waals surface area contributed by atoms with Gasteiger partial charge in [0.05, 0.1) is 17.8 Å². The maximum Gasteiger partial charge on any atom is 0.411 e. The molecule has 0 saturated carbocycles. The smallest absolute Gasteiger partial charge is 0.411 e. The van der Waals surface area contributed by atoms with Crippen molar-refractivity contribution in [3.63, 3.8) is 0 Å². The maximum atomic E-state index is 11.4. The molecule has 0 bridgehead atoms. The molecular formula is C12H11ClN2O2. The van der Waals surface area contributed by atoms with Gasteiger partial charge >= 0.3 is 6.09 Å². The molecular weight excluding hydrogens is 240 g/mol. The van der Waals surface area contributed by atoms with Gasteiger partial charge in [-0.2, -0.15) is 0 Å². The molecule has 2 aromatic rings. The van der Waals surface area contributed by atoms with Crippen molar-refractivity contribution < 1.29 is 9.53 Å². The lowest BCUT2D eigenvalue weighted by Crippen LogP contribution is -2.13. The lowest BCUT2D eigenvalue weighted by Gasteiger charge is -2.08. The molecule has 4 nitrogen and oxygen atoms in total. The summed E-state index contributed by atoms with van der Waals surface area (Å²) in [5.41, 5.74) is 1.23. The summed E-state index contributed by atoms with van der Waals surface area (Å²) in [6.45, 7) is 2.06. The zero-order chi connectivity index (χ0) is 12.3. The largest absolute Gasteiger partial charge is 0.450 e. The normalized spacial score (nSPS) is 10.2. The summed E-state index contributed by atoms with van der Waals surface area (Å²) in [6.07, 6.45) is 1.15. The third-order valence-electron chi connectivity index (χ3n) is 2.18. The summed E-state index contributed by atoms with van der Waals surface area (Å²) >= 11 is 5.96. The van der Waals surface area contributed by atoms with Gasteiger partial charge in [0, 0.05) is 16.6 Å². The third kappa shape index (κ3) is 2.65. The van der Waals surface area contributed by atoms with E-state index in [0.717, 1.165) is 5.39 Å². The fourth-order valence-corrected chi connectivity index (χ4v) is 1.75. The maximum absolute atomic E-state index is 11.4. The third-order valence-corrected chi connectivity index (χ3v) is 2.40. The topological polar surface area (TPSA) is 51.2 Å². The quantitative estimate of drug-likeness (QED) is 0.888. The van der Waals surface area contributed by atoms with Gasteiger partial charge in [-0.1, -0.05) is 17.7 Å². The molecule has 0 fully saturated rings. The van der Waals surface area contributed by atoms with E-state index in [1.807, 2.05) is 12.1 Å². The molecule has 0 atom stereocenters. The van der Waals surface area contributed by atoms with Gasteiger partial charge in [0.2, 0.25) is 0 Å². The number of hydrogen-bond acceptors (Lipinski definition) is 3. The molecule has 0 radical (unpaired) electrons. The van der Waals surface area contributed by atoms with Crippen molar-refractivity contribution in [1.29, 1.82) is 0 Å². The fourth-order valence-electron chi connectivity index (χ4n) is 1.53. The van der Waals surface area contributed by atoms with Crippen molar-refractivity contribution in [3.05, 3.63) is 35.5 Å². The van der Waals surface area contributed by atoms with Crippen LogP contribution in [0.2, 0.25) is 5.02 Å². The lowest BCUT2D eigenvalue weighted by molar-refractivity contribution is 0.168. The van der Waals surface area contributed by atoms with Crippen molar-refractivity contribution in [2.75, 3.05) is 11.9 Å². The van der Waals surface area contributed by atoms with Crippen molar-refractivity contribution in [1.82, 2.24) is 4.98 Å². The molecule has 0 spiro atoms. The Kier molecular flexibility index (Phi) is 3.44. The first-order valence-electron chi connectivity index (χ1n) is 5.18. The lowest BCUT2D eigenvalue weighted by atomic mass is 10.2. The zero-order valence-electron chi connectivity index (χ0n) is 9.24. The second-order valence-corrected chi connectivity index (χ2v) is 3.81. The van der Waals surface area contributed by atoms with E-state index in [1.54, 1.807) is 25.3 Å². The highest BCUT2D eigenvalue weighted by molar-refractivity contribution is 6.32. The number of benzene rings is 1. The van der Waals surface area contributed by atoms with Crippen molar-refractivity contribution in [3.8, 4) is 0 Å². The van der Waals surface area contributed by atoms with E-state index in [-0.39, 0.29) is 0 Å². The summed E-state index contributed by atoms with van der Waals surface area (Å²) in [7, 11) is 0. The van der Waals surface area contributed by atoms with Crippen LogP contribution in [0.5, 0.6) is 0 Å². The number of hydrogen-bond donors (Lipinski definition) is 1. The Morgan fingerprint density at radius 3 is 3.12 bits per heavy atom. The fraction of sp³-hybridized carbons (Fsp3) is 0.167. The van der Waals surface area contributed by atoms with Gasteiger partial charge in [0.15, 0.2) is 0 Å². The van der Waals surface area contributed by atoms with Crippen LogP contribution in [0.4, 0.5) is 10.5 Å². The van der Waals surface area contributed by atoms with E-state index in [2.05, 4.69) is 10.3 Å². The van der Waals surface area contributed by atoms with Crippen LogP contribution >= 0.6 is 11.6 Å². The Labute approximate surface area is 104 Å². The number of rotatable bonds is 2. The first kappa shape index (κ1) is 11.7. The molecule has 1 amide bonds. The Balaban J connectivity index is 2.42. The number of amides is 1. The molecule has 1 heterocycles. The van der Waals surface area contributed by atoms with Crippen LogP contribution in [-0.2, 0) is 4.74 Å². The number of halogens is 1. The summed E-state index contributed by atoms with van der Waals surface area (Å²) < 4.78 is 4.81. The number of carbonyl (C=O) groups excluding carboxylic acids is 1. The molecule has 0 aliphatic heterocycles. The first-order chi connectivity index (χ1) is 8.20. The predicted octanol–water partition coefficient (Wildman–Crippen LogP) is 3.46. The number of nitrogens with zero attached hydrogens (tertiary/aromatic N) is 1. The molecule has 0 aliphatic carbocycles. The average Bonchev–Trinajstić information content (AvgIpc) is 2.29. The minimum Gasteiger partial charge on any atom is -0.450 e. The molecule has 0 unspecified atom stereocenters. The molecule has 0 aliphatic rings. The van der Waals surface area contributed by atoms with E-state index in [4.69, 9.17) is 16.3 Å². The second-order valence-electron chi connectivity index (χ2n) is 3.37. The number of anilines is 1. The monoisotopic (exact) mass is 250 g/mol. The van der Waals surface area contributed by atoms with Crippen LogP contribution in [0.15, 0.2) is 30.5 Å². The number of aromatic nitrogens is 1. The Hall–Kier alpha value is -1.81. The van der Waals surface area contributed by atoms with Crippen molar-refractivity contribution in [2.45, 2.75) is 6.92 Å². The Bertz CT molecular complexity index is 557. The van der Waals surface area contributed by atoms with Crippen LogP contribution in [0, 0.1) is 0 Å². The number of fused-ring (bicyclic) bond motifs is 1. The first-order valence-corrected chi connectivity index (χ1v) is 5.56. The molecule has 2 rings (SSSR count). The molecule has 88 valence electrons. The summed E-state index contributed by atoms with van der Waals surface area (Å²) in [5.74, 6) is 0. The van der Waals surface area contributed by atoms with Gasteiger partial charge in [0.25, 0.3) is 0 Å². The predicted molar refractivity (Wildman–Crippen MR) is 67.4 cm³/mol. The summed E-state index contributed by atoms with van der Waals surface area (Å²) in [4.78, 5) is 15.6. The van der Waals surface area contributed by atoms with Gasteiger partial charge < -0.3 is 4.74 Å². The van der Waals surface area contributed by atoms with Gasteiger partial charge in [-0.15, -0.1) is 0 Å². The van der Waals surface area contributed by atoms with Crippen LogP contribution < -0.4 is 5.32 Å². The van der Waals surface area contributed by atoms with Gasteiger partial charge in [-0.05, 0) is 25.1 Å². The van der Waals surface area contributed by atoms with E-state index in [0.29, 0.717) is 22.8 Å². The molecule has 1 aromatic heterocycles. The van der Waals surface area contributed by atoms with Crippen LogP contribution in [-0.4, -0.2) is 17.7 Å². The minimum atomic E-state index is -0.512. The molecule has 1 aromatic carbocycles. The molecule has 17 heavy (non-hydrogen) atoms. The zero-order valence-corrected chi connectivity index (χ0v) is 9.99. The van der Waals surface area contributed by atoms with Crippen molar-refractivity contribution in [2.24, 2.45) is 0 Å². The standard InChI is InChI=1S/C12H11ClN2O2/c1-2-17-12(16)15-10-7-9(13)6-8-4-3-5-14-11(8)10/h3-7H,2H2,1H3,(H,15,16). The second kappa shape index (κ2) is 5.01. The summed E-state index contributed by atoms with van der Waals surface area (Å²) in [6, 6.07) is 7.13. The SMILES string of the molecule is CCOC(=O)Nc1cc(Cl)cc2cccnc12. The molecule has 0 saturated heterocycles. The van der Waals surface area contributed by atoms with E-state index >= 15 is 0 Å². The number of carbonyl (C=O) groups is 1. The number of ether oxygens (including phenoxy) is 1. The van der Waals surface area contributed by atoms with Crippen LogP contribution in [0.25, 0.3) is 10.9 Å². The van der Waals surface area contributed by atoms with Gasteiger partial charge in [0.1, 0.15) is 0 Å². The van der Waals surface area contributed by atoms with Gasteiger partial charge in [-0.3, -0.25) is 10.3 Å². The highest BCUT2D eigenvalue weighted by atomic mass is 35.5. The molecule has 5 heteroatoms. The van der Waals surface area contributed by atoms with E-state index < -0.39 is 6.09 Å². The summed E-state index contributed by atoms with van der Waals surface area (Å²) in [5, 5.41) is 4.03. The highest BCUT2D eigenvalue weighted by Gasteiger charge is 2.08. The number of nitrogens with one attached hydrogen (secondary N) is 1. The van der Waals surface area contributed by atoms with Crippen LogP contribution in [0.1, 0.15) is 6.92 Å². The van der Waals surface area contributed by atoms with Gasteiger partial charge in [-0.25, -0.2) is 4.79 Å². The molecule has 1 N–H and O–H groups in total. The van der Waals surface area contributed by atoms with Crippen LogP contribution in [0.3, 0.4) is 0 Å². The van der Waals surface area contributed by atoms with E-state index in [9.17, 15) is 4.79 Å². The van der Waals surface area contributed by atoms with Crippen molar-refractivity contribution >= 4 is 34.3 Å². The Morgan fingerprint density at radius 2 is 2.35 bits per heavy atom. The highest BCUT2D eigenvalue weighted by Crippen LogP contribution is 2.26.